The molecule has 0 aromatic carbocycles. The van der Waals surface area contributed by atoms with Crippen molar-refractivity contribution >= 4 is 5.97 Å². The van der Waals surface area contributed by atoms with Gasteiger partial charge in [0.25, 0.3) is 0 Å². The Kier molecular flexibility index (Phi) is 3.26. The molecule has 2 aliphatic rings. The number of rotatable bonds is 3. The van der Waals surface area contributed by atoms with E-state index in [1.165, 1.54) is 0 Å². The Morgan fingerprint density at radius 3 is 3.07 bits per heavy atom. The van der Waals surface area contributed by atoms with Crippen molar-refractivity contribution in [3.8, 4) is 0 Å². The molecule has 0 spiro atoms. The normalized spacial score (nSPS) is 35.7. The fourth-order valence-electron chi connectivity index (χ4n) is 2.30. The van der Waals surface area contributed by atoms with Gasteiger partial charge in [0.1, 0.15) is 11.6 Å². The van der Waals surface area contributed by atoms with Gasteiger partial charge in [0.15, 0.2) is 0 Å². The third kappa shape index (κ3) is 2.16. The van der Waals surface area contributed by atoms with Crippen molar-refractivity contribution in [2.45, 2.75) is 44.2 Å². The molecular weight excluding hydrogens is 194 g/mol. The van der Waals surface area contributed by atoms with Gasteiger partial charge < -0.3 is 14.8 Å². The second-order valence-corrected chi connectivity index (χ2v) is 4.36. The molecule has 0 amide bonds. The van der Waals surface area contributed by atoms with E-state index in [0.717, 1.165) is 32.2 Å². The molecule has 2 fully saturated rings. The first-order chi connectivity index (χ1) is 7.27. The zero-order valence-corrected chi connectivity index (χ0v) is 9.25. The molecule has 0 saturated carbocycles. The van der Waals surface area contributed by atoms with Gasteiger partial charge in [0.2, 0.25) is 0 Å². The Bertz CT molecular complexity index is 230. The molecule has 1 N–H and O–H groups in total. The number of ether oxygens (including phenoxy) is 2. The van der Waals surface area contributed by atoms with E-state index in [1.54, 1.807) is 0 Å². The Morgan fingerprint density at radius 2 is 2.53 bits per heavy atom. The summed E-state index contributed by atoms with van der Waals surface area (Å²) in [6, 6.07) is 0. The highest BCUT2D eigenvalue weighted by atomic mass is 16.6. The number of esters is 1. The summed E-state index contributed by atoms with van der Waals surface area (Å²) in [7, 11) is 0. The minimum Gasteiger partial charge on any atom is -0.458 e. The third-order valence-corrected chi connectivity index (χ3v) is 3.40. The molecule has 86 valence electrons. The molecule has 2 atom stereocenters. The standard InChI is InChI=1S/C11H19NO3/c1-2-11(5-3-6-12-11)10(13)15-9-4-7-14-8-9/h9,12H,2-8H2,1H3. The van der Waals surface area contributed by atoms with Gasteiger partial charge in [-0.15, -0.1) is 0 Å². The van der Waals surface area contributed by atoms with E-state index in [2.05, 4.69) is 5.32 Å². The summed E-state index contributed by atoms with van der Waals surface area (Å²) in [5, 5.41) is 3.28. The summed E-state index contributed by atoms with van der Waals surface area (Å²) in [6.45, 7) is 4.23. The van der Waals surface area contributed by atoms with Gasteiger partial charge in [-0.25, -0.2) is 0 Å². The molecule has 2 rings (SSSR count). The average Bonchev–Trinajstić information content (AvgIpc) is 2.87. The van der Waals surface area contributed by atoms with E-state index in [-0.39, 0.29) is 12.1 Å². The van der Waals surface area contributed by atoms with Crippen molar-refractivity contribution in [1.82, 2.24) is 5.32 Å². The lowest BCUT2D eigenvalue weighted by atomic mass is 9.94. The van der Waals surface area contributed by atoms with Gasteiger partial charge in [-0.2, -0.15) is 0 Å². The van der Waals surface area contributed by atoms with E-state index >= 15 is 0 Å². The lowest BCUT2D eigenvalue weighted by Gasteiger charge is -2.27. The molecule has 0 radical (unpaired) electrons. The second kappa shape index (κ2) is 4.49. The van der Waals surface area contributed by atoms with Crippen molar-refractivity contribution in [3.05, 3.63) is 0 Å². The minimum atomic E-state index is -0.414. The Balaban J connectivity index is 1.92. The zero-order valence-electron chi connectivity index (χ0n) is 9.25. The molecule has 15 heavy (non-hydrogen) atoms. The molecule has 0 aromatic rings. The van der Waals surface area contributed by atoms with Crippen LogP contribution in [0.15, 0.2) is 0 Å². The monoisotopic (exact) mass is 213 g/mol. The van der Waals surface area contributed by atoms with Crippen molar-refractivity contribution < 1.29 is 14.3 Å². The first kappa shape index (κ1) is 10.9. The fraction of sp³-hybridized carbons (Fsp3) is 0.909. The Labute approximate surface area is 90.3 Å². The van der Waals surface area contributed by atoms with Gasteiger partial charge in [-0.1, -0.05) is 6.92 Å². The van der Waals surface area contributed by atoms with E-state index < -0.39 is 5.54 Å². The minimum absolute atomic E-state index is 0.0247. The van der Waals surface area contributed by atoms with Crippen LogP contribution in [-0.4, -0.2) is 37.4 Å². The summed E-state index contributed by atoms with van der Waals surface area (Å²) in [5.41, 5.74) is -0.414. The molecule has 0 bridgehead atoms. The number of nitrogens with one attached hydrogen (secondary N) is 1. The van der Waals surface area contributed by atoms with Crippen LogP contribution in [0.1, 0.15) is 32.6 Å². The quantitative estimate of drug-likeness (QED) is 0.706. The summed E-state index contributed by atoms with van der Waals surface area (Å²) in [5.74, 6) is -0.0852. The number of carbonyl (C=O) groups is 1. The van der Waals surface area contributed by atoms with E-state index in [4.69, 9.17) is 9.47 Å². The predicted molar refractivity (Wildman–Crippen MR) is 55.6 cm³/mol. The molecule has 4 heteroatoms. The molecule has 2 unspecified atom stereocenters. The fourth-order valence-corrected chi connectivity index (χ4v) is 2.30. The molecular formula is C11H19NO3. The van der Waals surface area contributed by atoms with E-state index in [0.29, 0.717) is 13.2 Å². The largest absolute Gasteiger partial charge is 0.458 e. The van der Waals surface area contributed by atoms with E-state index in [1.807, 2.05) is 6.92 Å². The summed E-state index contributed by atoms with van der Waals surface area (Å²) >= 11 is 0. The maximum absolute atomic E-state index is 12.0. The van der Waals surface area contributed by atoms with Crippen LogP contribution in [0.25, 0.3) is 0 Å². The van der Waals surface area contributed by atoms with Crippen molar-refractivity contribution in [2.75, 3.05) is 19.8 Å². The number of carbonyl (C=O) groups excluding carboxylic acids is 1. The lowest BCUT2D eigenvalue weighted by molar-refractivity contribution is -0.156. The van der Waals surface area contributed by atoms with Crippen LogP contribution in [0.2, 0.25) is 0 Å². The van der Waals surface area contributed by atoms with Crippen molar-refractivity contribution in [1.29, 1.82) is 0 Å². The highest BCUT2D eigenvalue weighted by molar-refractivity contribution is 5.81. The molecule has 0 aromatic heterocycles. The van der Waals surface area contributed by atoms with E-state index in [9.17, 15) is 4.79 Å². The zero-order chi connectivity index (χ0) is 10.7. The average molecular weight is 213 g/mol. The topological polar surface area (TPSA) is 47.6 Å². The SMILES string of the molecule is CCC1(C(=O)OC2CCOC2)CCCN1. The van der Waals surface area contributed by atoms with Crippen LogP contribution < -0.4 is 5.32 Å². The van der Waals surface area contributed by atoms with Crippen LogP contribution in [-0.2, 0) is 14.3 Å². The highest BCUT2D eigenvalue weighted by Crippen LogP contribution is 2.25. The summed E-state index contributed by atoms with van der Waals surface area (Å²) in [4.78, 5) is 12.0. The van der Waals surface area contributed by atoms with Gasteiger partial charge in [-0.3, -0.25) is 4.79 Å². The van der Waals surface area contributed by atoms with Gasteiger partial charge in [-0.05, 0) is 25.8 Å². The summed E-state index contributed by atoms with van der Waals surface area (Å²) < 4.78 is 10.7. The second-order valence-electron chi connectivity index (χ2n) is 4.36. The first-order valence-corrected chi connectivity index (χ1v) is 5.81. The molecule has 2 aliphatic heterocycles. The van der Waals surface area contributed by atoms with Crippen molar-refractivity contribution in [3.63, 3.8) is 0 Å². The van der Waals surface area contributed by atoms with Crippen LogP contribution in [0.4, 0.5) is 0 Å². The number of hydrogen-bond acceptors (Lipinski definition) is 4. The third-order valence-electron chi connectivity index (χ3n) is 3.40. The first-order valence-electron chi connectivity index (χ1n) is 5.81. The maximum atomic E-state index is 12.0. The highest BCUT2D eigenvalue weighted by Gasteiger charge is 2.41. The Hall–Kier alpha value is -0.610. The van der Waals surface area contributed by atoms with Crippen LogP contribution in [0, 0.1) is 0 Å². The predicted octanol–water partition coefficient (Wildman–Crippen LogP) is 0.851. The van der Waals surface area contributed by atoms with Gasteiger partial charge in [0, 0.05) is 6.42 Å². The molecule has 4 nitrogen and oxygen atoms in total. The smallest absolute Gasteiger partial charge is 0.326 e. The van der Waals surface area contributed by atoms with Crippen LogP contribution in [0.3, 0.4) is 0 Å². The Morgan fingerprint density at radius 1 is 1.67 bits per heavy atom. The van der Waals surface area contributed by atoms with Gasteiger partial charge >= 0.3 is 5.97 Å². The molecule has 0 aliphatic carbocycles. The van der Waals surface area contributed by atoms with Crippen LogP contribution >= 0.6 is 0 Å². The van der Waals surface area contributed by atoms with Gasteiger partial charge in [0.05, 0.1) is 13.2 Å². The summed E-state index contributed by atoms with van der Waals surface area (Å²) in [6.07, 6.45) is 3.58. The van der Waals surface area contributed by atoms with Crippen LogP contribution in [0.5, 0.6) is 0 Å². The lowest BCUT2D eigenvalue weighted by Crippen LogP contribution is -2.49. The van der Waals surface area contributed by atoms with Crippen molar-refractivity contribution in [2.24, 2.45) is 0 Å². The maximum Gasteiger partial charge on any atom is 0.326 e. The number of hydrogen-bond donors (Lipinski definition) is 1. The molecule has 2 heterocycles. The molecule has 2 saturated heterocycles.